The zero-order valence-electron chi connectivity index (χ0n) is 6.39. The number of hydrogen-bond acceptors (Lipinski definition) is 3. The van der Waals surface area contributed by atoms with Crippen LogP contribution in [0.4, 0.5) is 0 Å². The molecule has 3 nitrogen and oxygen atoms in total. The van der Waals surface area contributed by atoms with Crippen LogP contribution in [0.2, 0.25) is 0 Å². The van der Waals surface area contributed by atoms with E-state index in [2.05, 4.69) is 5.32 Å². The molecular formula is C7H13NO2. The Hall–Kier alpha value is -0.700. The average Bonchev–Trinajstić information content (AvgIpc) is 1.89. The molecule has 1 atom stereocenters. The predicted octanol–water partition coefficient (Wildman–Crippen LogP) is 0.142. The molecule has 10 heavy (non-hydrogen) atoms. The number of aldehydes is 1. The Morgan fingerprint density at radius 2 is 2.30 bits per heavy atom. The van der Waals surface area contributed by atoms with E-state index in [1.165, 1.54) is 6.92 Å². The van der Waals surface area contributed by atoms with Crippen molar-refractivity contribution in [1.29, 1.82) is 0 Å². The summed E-state index contributed by atoms with van der Waals surface area (Å²) in [5, 5.41) is 2.83. The van der Waals surface area contributed by atoms with E-state index in [0.717, 1.165) is 6.29 Å². The lowest BCUT2D eigenvalue weighted by Gasteiger charge is -2.09. The van der Waals surface area contributed by atoms with E-state index in [0.29, 0.717) is 12.8 Å². The molecule has 0 aliphatic carbocycles. The Bertz CT molecular complexity index is 123. The third-order valence-corrected chi connectivity index (χ3v) is 1.41. The minimum absolute atomic E-state index is 0.0874. The molecular weight excluding hydrogens is 130 g/mol. The maximum atomic E-state index is 10.7. The van der Waals surface area contributed by atoms with Gasteiger partial charge in [-0.3, -0.25) is 4.79 Å². The standard InChI is InChI=1S/C7H13NO2/c1-6(10)7(8-2)4-3-5-9/h5,7-8H,3-4H2,1-2H3/t7-/m0/s1. The minimum atomic E-state index is -0.148. The Labute approximate surface area is 60.8 Å². The lowest BCUT2D eigenvalue weighted by Crippen LogP contribution is -2.32. The molecule has 0 amide bonds. The number of carbonyl (C=O) groups excluding carboxylic acids is 2. The van der Waals surface area contributed by atoms with E-state index < -0.39 is 0 Å². The molecule has 0 bridgehead atoms. The van der Waals surface area contributed by atoms with Gasteiger partial charge in [0.1, 0.15) is 12.1 Å². The van der Waals surface area contributed by atoms with Crippen LogP contribution in [0.5, 0.6) is 0 Å². The van der Waals surface area contributed by atoms with E-state index >= 15 is 0 Å². The topological polar surface area (TPSA) is 46.2 Å². The summed E-state index contributed by atoms with van der Waals surface area (Å²) >= 11 is 0. The maximum Gasteiger partial charge on any atom is 0.146 e. The van der Waals surface area contributed by atoms with Gasteiger partial charge in [-0.05, 0) is 20.4 Å². The highest BCUT2D eigenvalue weighted by molar-refractivity contribution is 5.81. The van der Waals surface area contributed by atoms with Crippen molar-refractivity contribution in [3.05, 3.63) is 0 Å². The van der Waals surface area contributed by atoms with Crippen LogP contribution in [0.25, 0.3) is 0 Å². The number of likely N-dealkylation sites (N-methyl/N-ethyl adjacent to an activating group) is 1. The Balaban J connectivity index is 3.60. The van der Waals surface area contributed by atoms with Gasteiger partial charge in [0.2, 0.25) is 0 Å². The molecule has 58 valence electrons. The molecule has 0 heterocycles. The Morgan fingerprint density at radius 1 is 1.70 bits per heavy atom. The Morgan fingerprint density at radius 3 is 2.60 bits per heavy atom. The molecule has 0 unspecified atom stereocenters. The fraction of sp³-hybridized carbons (Fsp3) is 0.714. The molecule has 0 rings (SSSR count). The van der Waals surface area contributed by atoms with Crippen molar-refractivity contribution in [3.8, 4) is 0 Å². The van der Waals surface area contributed by atoms with Gasteiger partial charge in [0, 0.05) is 6.42 Å². The molecule has 0 aromatic carbocycles. The number of ketones is 1. The maximum absolute atomic E-state index is 10.7. The number of rotatable bonds is 5. The van der Waals surface area contributed by atoms with E-state index in [1.807, 2.05) is 0 Å². The second-order valence-electron chi connectivity index (χ2n) is 2.20. The summed E-state index contributed by atoms with van der Waals surface area (Å²) in [5.74, 6) is 0.0874. The summed E-state index contributed by atoms with van der Waals surface area (Å²) in [6.07, 6.45) is 1.88. The number of carbonyl (C=O) groups is 2. The smallest absolute Gasteiger partial charge is 0.146 e. The van der Waals surface area contributed by atoms with E-state index in [1.54, 1.807) is 7.05 Å². The van der Waals surface area contributed by atoms with Crippen LogP contribution < -0.4 is 5.32 Å². The number of nitrogens with one attached hydrogen (secondary N) is 1. The first-order valence-corrected chi connectivity index (χ1v) is 3.33. The van der Waals surface area contributed by atoms with Crippen molar-refractivity contribution in [1.82, 2.24) is 5.32 Å². The second-order valence-corrected chi connectivity index (χ2v) is 2.20. The molecule has 0 radical (unpaired) electrons. The first-order chi connectivity index (χ1) is 4.72. The molecule has 0 saturated heterocycles. The van der Waals surface area contributed by atoms with Crippen LogP contribution in [0, 0.1) is 0 Å². The zero-order chi connectivity index (χ0) is 7.98. The SMILES string of the molecule is CN[C@@H](CCC=O)C(C)=O. The van der Waals surface area contributed by atoms with Crippen LogP contribution in [0.15, 0.2) is 0 Å². The van der Waals surface area contributed by atoms with Crippen LogP contribution in [0.1, 0.15) is 19.8 Å². The van der Waals surface area contributed by atoms with Crippen LogP contribution in [0.3, 0.4) is 0 Å². The van der Waals surface area contributed by atoms with E-state index in [4.69, 9.17) is 0 Å². The van der Waals surface area contributed by atoms with Gasteiger partial charge < -0.3 is 10.1 Å². The van der Waals surface area contributed by atoms with Gasteiger partial charge in [0.05, 0.1) is 6.04 Å². The second kappa shape index (κ2) is 5.11. The van der Waals surface area contributed by atoms with Gasteiger partial charge in [-0.2, -0.15) is 0 Å². The lowest BCUT2D eigenvalue weighted by atomic mass is 10.1. The fourth-order valence-corrected chi connectivity index (χ4v) is 0.786. The monoisotopic (exact) mass is 143 g/mol. The first kappa shape index (κ1) is 9.30. The van der Waals surface area contributed by atoms with E-state index in [-0.39, 0.29) is 11.8 Å². The van der Waals surface area contributed by atoms with Crippen molar-refractivity contribution in [3.63, 3.8) is 0 Å². The number of Topliss-reactive ketones (excluding diaryl/α,β-unsaturated/α-hetero) is 1. The van der Waals surface area contributed by atoms with Crippen molar-refractivity contribution in [2.45, 2.75) is 25.8 Å². The third kappa shape index (κ3) is 3.35. The summed E-state index contributed by atoms with van der Waals surface area (Å²) in [6.45, 7) is 1.52. The van der Waals surface area contributed by atoms with Gasteiger partial charge in [0.25, 0.3) is 0 Å². The largest absolute Gasteiger partial charge is 0.311 e. The summed E-state index contributed by atoms with van der Waals surface area (Å²) in [5.41, 5.74) is 0. The molecule has 0 aromatic rings. The predicted molar refractivity (Wildman–Crippen MR) is 38.8 cm³/mol. The highest BCUT2D eigenvalue weighted by Gasteiger charge is 2.09. The molecule has 0 aromatic heterocycles. The quantitative estimate of drug-likeness (QED) is 0.557. The van der Waals surface area contributed by atoms with Crippen molar-refractivity contribution < 1.29 is 9.59 Å². The van der Waals surface area contributed by atoms with Gasteiger partial charge >= 0.3 is 0 Å². The zero-order valence-corrected chi connectivity index (χ0v) is 6.39. The third-order valence-electron chi connectivity index (χ3n) is 1.41. The van der Waals surface area contributed by atoms with Crippen LogP contribution in [-0.4, -0.2) is 25.2 Å². The van der Waals surface area contributed by atoms with Crippen molar-refractivity contribution >= 4 is 12.1 Å². The van der Waals surface area contributed by atoms with Crippen LogP contribution in [-0.2, 0) is 9.59 Å². The van der Waals surface area contributed by atoms with Gasteiger partial charge in [0.15, 0.2) is 0 Å². The normalized spacial score (nSPS) is 12.6. The summed E-state index contributed by atoms with van der Waals surface area (Å²) in [7, 11) is 1.72. The Kier molecular flexibility index (Phi) is 4.76. The molecule has 0 spiro atoms. The summed E-state index contributed by atoms with van der Waals surface area (Å²) in [4.78, 5) is 20.6. The average molecular weight is 143 g/mol. The van der Waals surface area contributed by atoms with Crippen LogP contribution >= 0.6 is 0 Å². The van der Waals surface area contributed by atoms with Crippen molar-refractivity contribution in [2.24, 2.45) is 0 Å². The molecule has 1 N–H and O–H groups in total. The highest BCUT2D eigenvalue weighted by atomic mass is 16.1. The number of hydrogen-bond donors (Lipinski definition) is 1. The first-order valence-electron chi connectivity index (χ1n) is 3.33. The van der Waals surface area contributed by atoms with Gasteiger partial charge in [-0.1, -0.05) is 0 Å². The minimum Gasteiger partial charge on any atom is -0.311 e. The lowest BCUT2D eigenvalue weighted by molar-refractivity contribution is -0.119. The molecule has 0 saturated carbocycles. The van der Waals surface area contributed by atoms with Gasteiger partial charge in [-0.25, -0.2) is 0 Å². The van der Waals surface area contributed by atoms with Gasteiger partial charge in [-0.15, -0.1) is 0 Å². The summed E-state index contributed by atoms with van der Waals surface area (Å²) in [6, 6.07) is -0.148. The van der Waals surface area contributed by atoms with E-state index in [9.17, 15) is 9.59 Å². The fourth-order valence-electron chi connectivity index (χ4n) is 0.786. The molecule has 0 aliphatic rings. The molecule has 3 heteroatoms. The summed E-state index contributed by atoms with van der Waals surface area (Å²) < 4.78 is 0. The molecule has 0 fully saturated rings. The molecule has 0 aliphatic heterocycles. The highest BCUT2D eigenvalue weighted by Crippen LogP contribution is 1.94. The van der Waals surface area contributed by atoms with Crippen molar-refractivity contribution in [2.75, 3.05) is 7.05 Å².